The minimum absolute atomic E-state index is 0.177. The predicted molar refractivity (Wildman–Crippen MR) is 78.9 cm³/mol. The van der Waals surface area contributed by atoms with Gasteiger partial charge in [0.2, 0.25) is 0 Å². The lowest BCUT2D eigenvalue weighted by Crippen LogP contribution is -2.04. The Morgan fingerprint density at radius 2 is 1.84 bits per heavy atom. The van der Waals surface area contributed by atoms with E-state index in [9.17, 15) is 4.39 Å². The van der Waals surface area contributed by atoms with Crippen LogP contribution in [-0.4, -0.2) is 0 Å². The largest absolute Gasteiger partial charge is 0.381 e. The Morgan fingerprint density at radius 3 is 2.63 bits per heavy atom. The Morgan fingerprint density at radius 1 is 1.05 bits per heavy atom. The average molecular weight is 257 g/mol. The maximum Gasteiger partial charge on any atom is 0.123 e. The number of para-hydroxylation sites is 1. The molecule has 0 radical (unpaired) electrons. The minimum atomic E-state index is -0.177. The van der Waals surface area contributed by atoms with Gasteiger partial charge >= 0.3 is 0 Å². The van der Waals surface area contributed by atoms with Crippen molar-refractivity contribution in [1.29, 1.82) is 0 Å². The zero-order chi connectivity index (χ0) is 13.7. The fraction of sp³-hybridized carbons (Fsp3) is 0.294. The Kier molecular flexibility index (Phi) is 4.56. The molecule has 2 aromatic carbocycles. The molecule has 100 valence electrons. The number of aryl methyl sites for hydroxylation is 2. The van der Waals surface area contributed by atoms with Crippen LogP contribution in [0, 0.1) is 12.7 Å². The van der Waals surface area contributed by atoms with E-state index in [1.807, 2.05) is 19.1 Å². The first-order valence-electron chi connectivity index (χ1n) is 6.77. The van der Waals surface area contributed by atoms with E-state index in [4.69, 9.17) is 0 Å². The maximum atomic E-state index is 13.2. The molecule has 0 aliphatic carbocycles. The van der Waals surface area contributed by atoms with Gasteiger partial charge in [-0.3, -0.25) is 0 Å². The predicted octanol–water partition coefficient (Wildman–Crippen LogP) is 4.70. The number of nitrogens with one attached hydrogen (secondary N) is 1. The highest BCUT2D eigenvalue weighted by atomic mass is 19.1. The Bertz CT molecular complexity index is 549. The highest BCUT2D eigenvalue weighted by Crippen LogP contribution is 2.19. The van der Waals surface area contributed by atoms with Crippen molar-refractivity contribution in [3.63, 3.8) is 0 Å². The quantitative estimate of drug-likeness (QED) is 0.818. The third-order valence-electron chi connectivity index (χ3n) is 3.32. The Balaban J connectivity index is 2.12. The van der Waals surface area contributed by atoms with Gasteiger partial charge in [0, 0.05) is 12.2 Å². The third-order valence-corrected chi connectivity index (χ3v) is 3.32. The molecule has 0 fully saturated rings. The van der Waals surface area contributed by atoms with Gasteiger partial charge < -0.3 is 5.32 Å². The van der Waals surface area contributed by atoms with Crippen molar-refractivity contribution in [3.8, 4) is 0 Å². The molecule has 0 spiro atoms. The number of hydrogen-bond acceptors (Lipinski definition) is 1. The highest BCUT2D eigenvalue weighted by Gasteiger charge is 2.03. The molecule has 0 amide bonds. The highest BCUT2D eigenvalue weighted by molar-refractivity contribution is 5.51. The van der Waals surface area contributed by atoms with Crippen LogP contribution in [0.25, 0.3) is 0 Å². The zero-order valence-corrected chi connectivity index (χ0v) is 11.5. The average Bonchev–Trinajstić information content (AvgIpc) is 2.42. The SMILES string of the molecule is CCCc1ccccc1NCc1cc(F)ccc1C. The smallest absolute Gasteiger partial charge is 0.123 e. The molecular formula is C17H20FN. The topological polar surface area (TPSA) is 12.0 Å². The Hall–Kier alpha value is -1.83. The standard InChI is InChI=1S/C17H20FN/c1-3-6-14-7-4-5-8-17(14)19-12-15-11-16(18)10-9-13(15)2/h4-5,7-11,19H,3,6,12H2,1-2H3. The van der Waals surface area contributed by atoms with Crippen LogP contribution >= 0.6 is 0 Å². The number of benzene rings is 2. The summed E-state index contributed by atoms with van der Waals surface area (Å²) in [5.41, 5.74) is 4.58. The van der Waals surface area contributed by atoms with Gasteiger partial charge in [0.05, 0.1) is 0 Å². The third kappa shape index (κ3) is 3.57. The second-order valence-corrected chi connectivity index (χ2v) is 4.83. The van der Waals surface area contributed by atoms with Crippen LogP contribution in [-0.2, 0) is 13.0 Å². The first-order chi connectivity index (χ1) is 9.20. The lowest BCUT2D eigenvalue weighted by atomic mass is 10.1. The molecule has 1 N–H and O–H groups in total. The fourth-order valence-electron chi connectivity index (χ4n) is 2.20. The van der Waals surface area contributed by atoms with Crippen LogP contribution in [0.3, 0.4) is 0 Å². The van der Waals surface area contributed by atoms with Crippen molar-refractivity contribution in [2.75, 3.05) is 5.32 Å². The molecule has 0 heterocycles. The fourth-order valence-corrected chi connectivity index (χ4v) is 2.20. The zero-order valence-electron chi connectivity index (χ0n) is 11.5. The summed E-state index contributed by atoms with van der Waals surface area (Å²) in [6, 6.07) is 13.2. The summed E-state index contributed by atoms with van der Waals surface area (Å²) in [7, 11) is 0. The molecule has 0 atom stereocenters. The van der Waals surface area contributed by atoms with E-state index < -0.39 is 0 Å². The number of anilines is 1. The van der Waals surface area contributed by atoms with Crippen molar-refractivity contribution < 1.29 is 4.39 Å². The van der Waals surface area contributed by atoms with E-state index in [-0.39, 0.29) is 5.82 Å². The second kappa shape index (κ2) is 6.37. The molecule has 2 heteroatoms. The number of halogens is 1. The summed E-state index contributed by atoms with van der Waals surface area (Å²) in [4.78, 5) is 0. The van der Waals surface area contributed by atoms with Crippen molar-refractivity contribution in [2.45, 2.75) is 33.2 Å². The van der Waals surface area contributed by atoms with E-state index in [2.05, 4.69) is 30.4 Å². The van der Waals surface area contributed by atoms with Gasteiger partial charge in [0.1, 0.15) is 5.82 Å². The van der Waals surface area contributed by atoms with Crippen LogP contribution in [0.5, 0.6) is 0 Å². The van der Waals surface area contributed by atoms with Crippen molar-refractivity contribution in [1.82, 2.24) is 0 Å². The molecule has 2 aromatic rings. The van der Waals surface area contributed by atoms with Crippen molar-refractivity contribution >= 4 is 5.69 Å². The van der Waals surface area contributed by atoms with Gasteiger partial charge in [-0.05, 0) is 48.2 Å². The van der Waals surface area contributed by atoms with E-state index in [0.717, 1.165) is 29.7 Å². The van der Waals surface area contributed by atoms with Gasteiger partial charge in [-0.25, -0.2) is 4.39 Å². The molecule has 0 aliphatic heterocycles. The minimum Gasteiger partial charge on any atom is -0.381 e. The van der Waals surface area contributed by atoms with Crippen molar-refractivity contribution in [3.05, 3.63) is 65.0 Å². The van der Waals surface area contributed by atoms with Crippen LogP contribution in [0.15, 0.2) is 42.5 Å². The molecule has 0 saturated heterocycles. The van der Waals surface area contributed by atoms with Crippen LogP contribution < -0.4 is 5.32 Å². The summed E-state index contributed by atoms with van der Waals surface area (Å²) in [5, 5.41) is 3.42. The Labute approximate surface area is 114 Å². The summed E-state index contributed by atoms with van der Waals surface area (Å²) in [6.07, 6.45) is 2.18. The second-order valence-electron chi connectivity index (χ2n) is 4.83. The van der Waals surface area contributed by atoms with E-state index in [1.54, 1.807) is 6.07 Å². The molecule has 1 nitrogen and oxygen atoms in total. The van der Waals surface area contributed by atoms with Gasteiger partial charge in [-0.15, -0.1) is 0 Å². The molecule has 0 unspecified atom stereocenters. The summed E-state index contributed by atoms with van der Waals surface area (Å²) < 4.78 is 13.2. The van der Waals surface area contributed by atoms with E-state index in [1.165, 1.54) is 11.6 Å². The van der Waals surface area contributed by atoms with Crippen molar-refractivity contribution in [2.24, 2.45) is 0 Å². The number of rotatable bonds is 5. The normalized spacial score (nSPS) is 10.5. The summed E-state index contributed by atoms with van der Waals surface area (Å²) >= 11 is 0. The van der Waals surface area contributed by atoms with Gasteiger partial charge in [0.25, 0.3) is 0 Å². The molecule has 0 aliphatic rings. The van der Waals surface area contributed by atoms with Gasteiger partial charge in [0.15, 0.2) is 0 Å². The van der Waals surface area contributed by atoms with Crippen LogP contribution in [0.4, 0.5) is 10.1 Å². The molecule has 19 heavy (non-hydrogen) atoms. The van der Waals surface area contributed by atoms with E-state index in [0.29, 0.717) is 6.54 Å². The molecule has 0 saturated carbocycles. The first kappa shape index (κ1) is 13.6. The molecular weight excluding hydrogens is 237 g/mol. The lowest BCUT2D eigenvalue weighted by molar-refractivity contribution is 0.625. The number of hydrogen-bond donors (Lipinski definition) is 1. The van der Waals surface area contributed by atoms with E-state index >= 15 is 0 Å². The molecule has 2 rings (SSSR count). The van der Waals surface area contributed by atoms with Crippen LogP contribution in [0.1, 0.15) is 30.0 Å². The van der Waals surface area contributed by atoms with Crippen LogP contribution in [0.2, 0.25) is 0 Å². The maximum absolute atomic E-state index is 13.2. The van der Waals surface area contributed by atoms with Gasteiger partial charge in [-0.1, -0.05) is 37.6 Å². The first-order valence-corrected chi connectivity index (χ1v) is 6.77. The van der Waals surface area contributed by atoms with Gasteiger partial charge in [-0.2, -0.15) is 0 Å². The monoisotopic (exact) mass is 257 g/mol. The molecule has 0 bridgehead atoms. The summed E-state index contributed by atoms with van der Waals surface area (Å²) in [5.74, 6) is -0.177. The lowest BCUT2D eigenvalue weighted by Gasteiger charge is -2.13. The molecule has 0 aromatic heterocycles. The summed E-state index contributed by atoms with van der Waals surface area (Å²) in [6.45, 7) is 4.84.